The van der Waals surface area contributed by atoms with Crippen LogP contribution in [0.4, 0.5) is 5.82 Å². The zero-order valence-electron chi connectivity index (χ0n) is 12.9. The van der Waals surface area contributed by atoms with Crippen molar-refractivity contribution in [3.05, 3.63) is 53.0 Å². The molecule has 1 heterocycles. The Bertz CT molecular complexity index is 622. The van der Waals surface area contributed by atoms with Gasteiger partial charge in [0.2, 0.25) is 0 Å². The van der Waals surface area contributed by atoms with Gasteiger partial charge in [0.25, 0.3) is 0 Å². The van der Waals surface area contributed by atoms with Gasteiger partial charge in [-0.25, -0.2) is 9.97 Å². The summed E-state index contributed by atoms with van der Waals surface area (Å²) in [5.74, 6) is 2.41. The third-order valence-corrected chi connectivity index (χ3v) is 4.27. The van der Waals surface area contributed by atoms with Crippen molar-refractivity contribution in [1.29, 1.82) is 0 Å². The van der Waals surface area contributed by atoms with E-state index in [2.05, 4.69) is 42.6 Å². The van der Waals surface area contributed by atoms with E-state index in [0.717, 1.165) is 49.4 Å². The molecule has 110 valence electrons. The number of aryl methyl sites for hydroxylation is 2. The Labute approximate surface area is 126 Å². The van der Waals surface area contributed by atoms with Crippen molar-refractivity contribution in [2.45, 2.75) is 44.9 Å². The van der Waals surface area contributed by atoms with Crippen molar-refractivity contribution in [1.82, 2.24) is 9.97 Å². The summed E-state index contributed by atoms with van der Waals surface area (Å²) in [6, 6.07) is 10.8. The molecule has 1 aromatic carbocycles. The van der Waals surface area contributed by atoms with E-state index < -0.39 is 0 Å². The van der Waals surface area contributed by atoms with E-state index in [0.29, 0.717) is 5.92 Å². The Kier molecular flexibility index (Phi) is 4.18. The molecule has 1 unspecified atom stereocenters. The van der Waals surface area contributed by atoms with Crippen LogP contribution in [0.15, 0.2) is 30.3 Å². The highest BCUT2D eigenvalue weighted by Gasteiger charge is 2.22. The molecular formula is C18H23N3. The minimum absolute atomic E-state index is 0.448. The molecule has 0 radical (unpaired) electrons. The van der Waals surface area contributed by atoms with Gasteiger partial charge in [-0.3, -0.25) is 0 Å². The number of hydrogen-bond donors (Lipinski definition) is 1. The molecule has 21 heavy (non-hydrogen) atoms. The van der Waals surface area contributed by atoms with Crippen LogP contribution in [0.25, 0.3) is 0 Å². The lowest BCUT2D eigenvalue weighted by Gasteiger charge is -2.24. The number of hydrogen-bond acceptors (Lipinski definition) is 3. The lowest BCUT2D eigenvalue weighted by molar-refractivity contribution is 0.552. The first kappa shape index (κ1) is 14.1. The number of aromatic nitrogens is 2. The van der Waals surface area contributed by atoms with E-state index >= 15 is 0 Å². The molecule has 3 nitrogen and oxygen atoms in total. The van der Waals surface area contributed by atoms with Crippen LogP contribution in [-0.4, -0.2) is 17.0 Å². The summed E-state index contributed by atoms with van der Waals surface area (Å²) in [4.78, 5) is 9.53. The molecule has 2 aromatic rings. The minimum Gasteiger partial charge on any atom is -0.373 e. The van der Waals surface area contributed by atoms with Gasteiger partial charge in [-0.2, -0.15) is 0 Å². The first-order valence-electron chi connectivity index (χ1n) is 7.92. The first-order chi connectivity index (χ1) is 10.3. The SMILES string of the molecule is CCCc1cc(NC)nc(C2CCc3ccccc3C2)n1. The van der Waals surface area contributed by atoms with Gasteiger partial charge in [0.1, 0.15) is 11.6 Å². The maximum Gasteiger partial charge on any atom is 0.134 e. The minimum atomic E-state index is 0.448. The summed E-state index contributed by atoms with van der Waals surface area (Å²) in [6.45, 7) is 2.19. The van der Waals surface area contributed by atoms with E-state index in [9.17, 15) is 0 Å². The fraction of sp³-hybridized carbons (Fsp3) is 0.444. The van der Waals surface area contributed by atoms with Crippen molar-refractivity contribution in [2.24, 2.45) is 0 Å². The summed E-state index contributed by atoms with van der Waals surface area (Å²) in [5.41, 5.74) is 4.11. The fourth-order valence-corrected chi connectivity index (χ4v) is 3.13. The number of benzene rings is 1. The summed E-state index contributed by atoms with van der Waals surface area (Å²) >= 11 is 0. The Morgan fingerprint density at radius 3 is 2.76 bits per heavy atom. The second kappa shape index (κ2) is 6.25. The monoisotopic (exact) mass is 281 g/mol. The van der Waals surface area contributed by atoms with Gasteiger partial charge in [-0.1, -0.05) is 37.6 Å². The van der Waals surface area contributed by atoms with E-state index in [4.69, 9.17) is 9.97 Å². The molecule has 1 aliphatic rings. The summed E-state index contributed by atoms with van der Waals surface area (Å²) in [6.07, 6.45) is 5.49. The van der Waals surface area contributed by atoms with E-state index in [1.807, 2.05) is 7.05 Å². The Hall–Kier alpha value is -1.90. The standard InChI is InChI=1S/C18H23N3/c1-3-6-16-12-17(19-2)21-18(20-16)15-10-9-13-7-4-5-8-14(13)11-15/h4-5,7-8,12,15H,3,6,9-11H2,1-2H3,(H,19,20,21). The molecule has 0 saturated heterocycles. The van der Waals surface area contributed by atoms with Crippen molar-refractivity contribution in [3.8, 4) is 0 Å². The highest BCUT2D eigenvalue weighted by molar-refractivity contribution is 5.37. The predicted octanol–water partition coefficient (Wildman–Crippen LogP) is 3.74. The molecule has 0 spiro atoms. The Morgan fingerprint density at radius 2 is 2.00 bits per heavy atom. The smallest absolute Gasteiger partial charge is 0.134 e. The van der Waals surface area contributed by atoms with Gasteiger partial charge in [0.05, 0.1) is 0 Å². The second-order valence-electron chi connectivity index (χ2n) is 5.81. The largest absolute Gasteiger partial charge is 0.373 e. The van der Waals surface area contributed by atoms with E-state index in [-0.39, 0.29) is 0 Å². The van der Waals surface area contributed by atoms with Crippen LogP contribution in [-0.2, 0) is 19.3 Å². The summed E-state index contributed by atoms with van der Waals surface area (Å²) in [7, 11) is 1.93. The topological polar surface area (TPSA) is 37.8 Å². The maximum atomic E-state index is 4.82. The third-order valence-electron chi connectivity index (χ3n) is 4.27. The van der Waals surface area contributed by atoms with Crippen LogP contribution in [0.5, 0.6) is 0 Å². The molecule has 3 rings (SSSR count). The Balaban J connectivity index is 1.89. The van der Waals surface area contributed by atoms with E-state index in [1.54, 1.807) is 0 Å². The highest BCUT2D eigenvalue weighted by atomic mass is 15.0. The average molecular weight is 281 g/mol. The quantitative estimate of drug-likeness (QED) is 0.927. The highest BCUT2D eigenvalue weighted by Crippen LogP contribution is 2.31. The average Bonchev–Trinajstić information content (AvgIpc) is 2.54. The molecule has 0 fully saturated rings. The molecule has 1 N–H and O–H groups in total. The van der Waals surface area contributed by atoms with Crippen molar-refractivity contribution in [2.75, 3.05) is 12.4 Å². The van der Waals surface area contributed by atoms with Gasteiger partial charge >= 0.3 is 0 Å². The number of anilines is 1. The molecule has 1 aromatic heterocycles. The zero-order chi connectivity index (χ0) is 14.7. The summed E-state index contributed by atoms with van der Waals surface area (Å²) < 4.78 is 0. The van der Waals surface area contributed by atoms with Crippen LogP contribution < -0.4 is 5.32 Å². The van der Waals surface area contributed by atoms with Gasteiger partial charge in [-0.05, 0) is 36.8 Å². The Morgan fingerprint density at radius 1 is 1.19 bits per heavy atom. The van der Waals surface area contributed by atoms with Gasteiger partial charge in [0.15, 0.2) is 0 Å². The number of fused-ring (bicyclic) bond motifs is 1. The number of nitrogens with one attached hydrogen (secondary N) is 1. The molecule has 1 aliphatic carbocycles. The van der Waals surface area contributed by atoms with Crippen LogP contribution in [0.2, 0.25) is 0 Å². The first-order valence-corrected chi connectivity index (χ1v) is 7.92. The fourth-order valence-electron chi connectivity index (χ4n) is 3.13. The van der Waals surface area contributed by atoms with Crippen LogP contribution in [0, 0.1) is 0 Å². The molecule has 3 heteroatoms. The van der Waals surface area contributed by atoms with Crippen molar-refractivity contribution < 1.29 is 0 Å². The molecule has 0 aliphatic heterocycles. The maximum absolute atomic E-state index is 4.82. The van der Waals surface area contributed by atoms with Crippen molar-refractivity contribution >= 4 is 5.82 Å². The number of rotatable bonds is 4. The van der Waals surface area contributed by atoms with Gasteiger partial charge < -0.3 is 5.32 Å². The molecule has 0 saturated carbocycles. The third kappa shape index (κ3) is 3.07. The van der Waals surface area contributed by atoms with Gasteiger partial charge in [-0.15, -0.1) is 0 Å². The lowest BCUT2D eigenvalue weighted by Crippen LogP contribution is -2.16. The lowest BCUT2D eigenvalue weighted by atomic mass is 9.83. The van der Waals surface area contributed by atoms with Crippen LogP contribution in [0.3, 0.4) is 0 Å². The molecule has 1 atom stereocenters. The molecule has 0 bridgehead atoms. The second-order valence-corrected chi connectivity index (χ2v) is 5.81. The van der Waals surface area contributed by atoms with Gasteiger partial charge in [0, 0.05) is 24.7 Å². The molecule has 0 amide bonds. The summed E-state index contributed by atoms with van der Waals surface area (Å²) in [5, 5.41) is 3.17. The van der Waals surface area contributed by atoms with Crippen LogP contribution in [0.1, 0.15) is 48.3 Å². The predicted molar refractivity (Wildman–Crippen MR) is 86.8 cm³/mol. The van der Waals surface area contributed by atoms with E-state index in [1.165, 1.54) is 11.1 Å². The number of nitrogens with zero attached hydrogens (tertiary/aromatic N) is 2. The molecular weight excluding hydrogens is 258 g/mol. The van der Waals surface area contributed by atoms with Crippen molar-refractivity contribution in [3.63, 3.8) is 0 Å². The van der Waals surface area contributed by atoms with Crippen LogP contribution >= 0.6 is 0 Å². The normalized spacial score (nSPS) is 17.3. The zero-order valence-corrected chi connectivity index (χ0v) is 12.9.